The Morgan fingerprint density at radius 1 is 1.33 bits per heavy atom. The quantitative estimate of drug-likeness (QED) is 0.910. The van der Waals surface area contributed by atoms with Crippen molar-refractivity contribution in [1.82, 2.24) is 9.97 Å². The van der Waals surface area contributed by atoms with Gasteiger partial charge in [-0.1, -0.05) is 30.6 Å². The van der Waals surface area contributed by atoms with Gasteiger partial charge in [0.25, 0.3) is 5.91 Å². The number of carbonyl (C=O) groups excluding carboxylic acids is 1. The molecule has 6 heteroatoms. The monoisotopic (exact) mass is 302 g/mol. The summed E-state index contributed by atoms with van der Waals surface area (Å²) in [4.78, 5) is 20.6. The number of nitrogens with zero attached hydrogens (tertiary/aromatic N) is 2. The first kappa shape index (κ1) is 14.0. The predicted octanol–water partition coefficient (Wildman–Crippen LogP) is 3.42. The minimum atomic E-state index is -0.202. The molecule has 1 saturated carbocycles. The van der Waals surface area contributed by atoms with Gasteiger partial charge < -0.3 is 5.73 Å². The van der Waals surface area contributed by atoms with Gasteiger partial charge in [-0.05, 0) is 25.0 Å². The van der Waals surface area contributed by atoms with Crippen LogP contribution in [0.4, 0.5) is 10.1 Å². The third-order valence-electron chi connectivity index (χ3n) is 3.82. The standard InChI is InChI=1S/C15H18N4OS/c16-13-12(10-5-2-1-3-6-10)18-15(21-13)19-14(20)11-7-4-8-17-9-11/h4,7-10H,1-3,5-6,16H2,(H,18,19,20). The van der Waals surface area contributed by atoms with Crippen molar-refractivity contribution in [3.05, 3.63) is 35.8 Å². The van der Waals surface area contributed by atoms with Gasteiger partial charge in [0, 0.05) is 18.3 Å². The van der Waals surface area contributed by atoms with Gasteiger partial charge in [-0.3, -0.25) is 15.1 Å². The zero-order valence-electron chi connectivity index (χ0n) is 11.7. The van der Waals surface area contributed by atoms with Crippen LogP contribution in [0.1, 0.15) is 54.1 Å². The van der Waals surface area contributed by atoms with Crippen LogP contribution in [0.3, 0.4) is 0 Å². The topological polar surface area (TPSA) is 80.9 Å². The Morgan fingerprint density at radius 3 is 2.86 bits per heavy atom. The van der Waals surface area contributed by atoms with Crippen LogP contribution in [0.25, 0.3) is 0 Å². The molecular formula is C15H18N4OS. The van der Waals surface area contributed by atoms with E-state index in [0.717, 1.165) is 23.5 Å². The number of thiazole rings is 1. The summed E-state index contributed by atoms with van der Waals surface area (Å²) in [6.45, 7) is 0. The second kappa shape index (κ2) is 6.22. The third-order valence-corrected chi connectivity index (χ3v) is 4.63. The van der Waals surface area contributed by atoms with Gasteiger partial charge in [0.1, 0.15) is 5.00 Å². The molecule has 3 N–H and O–H groups in total. The van der Waals surface area contributed by atoms with Crippen molar-refractivity contribution in [2.75, 3.05) is 11.1 Å². The number of hydrogen-bond acceptors (Lipinski definition) is 5. The van der Waals surface area contributed by atoms with E-state index in [-0.39, 0.29) is 5.91 Å². The Labute approximate surface area is 127 Å². The minimum Gasteiger partial charge on any atom is -0.389 e. The first-order valence-electron chi connectivity index (χ1n) is 7.21. The third kappa shape index (κ3) is 3.21. The predicted molar refractivity (Wildman–Crippen MR) is 84.5 cm³/mol. The molecule has 110 valence electrons. The van der Waals surface area contributed by atoms with Gasteiger partial charge in [0.05, 0.1) is 11.3 Å². The zero-order chi connectivity index (χ0) is 14.7. The maximum atomic E-state index is 12.1. The molecule has 0 atom stereocenters. The van der Waals surface area contributed by atoms with Gasteiger partial charge in [-0.2, -0.15) is 0 Å². The van der Waals surface area contributed by atoms with Crippen LogP contribution in [-0.2, 0) is 0 Å². The van der Waals surface area contributed by atoms with E-state index in [9.17, 15) is 4.79 Å². The number of anilines is 2. The van der Waals surface area contributed by atoms with E-state index in [1.54, 1.807) is 18.3 Å². The first-order chi connectivity index (χ1) is 10.2. The molecule has 0 radical (unpaired) electrons. The molecule has 0 spiro atoms. The SMILES string of the molecule is Nc1sc(NC(=O)c2cccnc2)nc1C1CCCCC1. The highest BCUT2D eigenvalue weighted by molar-refractivity contribution is 7.19. The largest absolute Gasteiger partial charge is 0.389 e. The molecule has 2 heterocycles. The second-order valence-corrected chi connectivity index (χ2v) is 6.33. The number of amides is 1. The van der Waals surface area contributed by atoms with Crippen LogP contribution in [0.15, 0.2) is 24.5 Å². The zero-order valence-corrected chi connectivity index (χ0v) is 12.5. The van der Waals surface area contributed by atoms with E-state index in [2.05, 4.69) is 15.3 Å². The number of pyridine rings is 1. The fourth-order valence-corrected chi connectivity index (χ4v) is 3.54. The lowest BCUT2D eigenvalue weighted by Gasteiger charge is -2.20. The highest BCUT2D eigenvalue weighted by Gasteiger charge is 2.22. The molecule has 5 nitrogen and oxygen atoms in total. The van der Waals surface area contributed by atoms with Crippen molar-refractivity contribution < 1.29 is 4.79 Å². The van der Waals surface area contributed by atoms with E-state index >= 15 is 0 Å². The van der Waals surface area contributed by atoms with Crippen molar-refractivity contribution in [2.24, 2.45) is 0 Å². The Hall–Kier alpha value is -1.95. The van der Waals surface area contributed by atoms with Gasteiger partial charge in [-0.15, -0.1) is 0 Å². The average molecular weight is 302 g/mol. The Bertz CT molecular complexity index is 620. The summed E-state index contributed by atoms with van der Waals surface area (Å²) >= 11 is 1.35. The van der Waals surface area contributed by atoms with Gasteiger partial charge in [-0.25, -0.2) is 4.98 Å². The van der Waals surface area contributed by atoms with Crippen LogP contribution in [0.5, 0.6) is 0 Å². The second-order valence-electron chi connectivity index (χ2n) is 5.30. The number of carbonyl (C=O) groups is 1. The smallest absolute Gasteiger partial charge is 0.259 e. The van der Waals surface area contributed by atoms with Crippen LogP contribution >= 0.6 is 11.3 Å². The molecule has 0 aromatic carbocycles. The number of aromatic nitrogens is 2. The molecule has 21 heavy (non-hydrogen) atoms. The summed E-state index contributed by atoms with van der Waals surface area (Å²) in [6, 6.07) is 3.46. The Balaban J connectivity index is 1.73. The molecule has 2 aromatic rings. The number of nitrogens with two attached hydrogens (primary N) is 1. The Kier molecular flexibility index (Phi) is 4.15. The van der Waals surface area contributed by atoms with Crippen molar-refractivity contribution in [1.29, 1.82) is 0 Å². The van der Waals surface area contributed by atoms with Crippen molar-refractivity contribution in [2.45, 2.75) is 38.0 Å². The summed E-state index contributed by atoms with van der Waals surface area (Å²) in [5, 5.41) is 4.10. The molecule has 1 fully saturated rings. The van der Waals surface area contributed by atoms with E-state index in [0.29, 0.717) is 16.6 Å². The summed E-state index contributed by atoms with van der Waals surface area (Å²) in [5.74, 6) is 0.242. The average Bonchev–Trinajstić information content (AvgIpc) is 2.89. The Morgan fingerprint density at radius 2 is 2.14 bits per heavy atom. The van der Waals surface area contributed by atoms with E-state index in [1.807, 2.05) is 0 Å². The number of nitrogen functional groups attached to an aromatic ring is 1. The first-order valence-corrected chi connectivity index (χ1v) is 8.03. The summed E-state index contributed by atoms with van der Waals surface area (Å²) < 4.78 is 0. The lowest BCUT2D eigenvalue weighted by molar-refractivity contribution is 0.102. The molecule has 1 aliphatic rings. The molecule has 0 saturated heterocycles. The summed E-state index contributed by atoms with van der Waals surface area (Å²) in [5.41, 5.74) is 7.56. The van der Waals surface area contributed by atoms with E-state index < -0.39 is 0 Å². The molecule has 0 aliphatic heterocycles. The lowest BCUT2D eigenvalue weighted by atomic mass is 9.87. The van der Waals surface area contributed by atoms with E-state index in [1.165, 1.54) is 36.8 Å². The van der Waals surface area contributed by atoms with Crippen LogP contribution in [0, 0.1) is 0 Å². The fourth-order valence-electron chi connectivity index (χ4n) is 2.73. The van der Waals surface area contributed by atoms with Crippen molar-refractivity contribution in [3.8, 4) is 0 Å². The van der Waals surface area contributed by atoms with Crippen molar-refractivity contribution in [3.63, 3.8) is 0 Å². The highest BCUT2D eigenvalue weighted by Crippen LogP contribution is 2.38. The molecule has 1 amide bonds. The van der Waals surface area contributed by atoms with Gasteiger partial charge in [0.2, 0.25) is 0 Å². The van der Waals surface area contributed by atoms with Gasteiger partial charge in [0.15, 0.2) is 5.13 Å². The van der Waals surface area contributed by atoms with Crippen LogP contribution in [-0.4, -0.2) is 15.9 Å². The normalized spacial score (nSPS) is 15.8. The number of hydrogen-bond donors (Lipinski definition) is 2. The van der Waals surface area contributed by atoms with Gasteiger partial charge >= 0.3 is 0 Å². The summed E-state index contributed by atoms with van der Waals surface area (Å²) in [7, 11) is 0. The molecule has 3 rings (SSSR count). The molecule has 0 bridgehead atoms. The molecular weight excluding hydrogens is 284 g/mol. The molecule has 2 aromatic heterocycles. The highest BCUT2D eigenvalue weighted by atomic mass is 32.1. The molecule has 1 aliphatic carbocycles. The van der Waals surface area contributed by atoms with Crippen LogP contribution in [0.2, 0.25) is 0 Å². The maximum Gasteiger partial charge on any atom is 0.259 e. The summed E-state index contributed by atoms with van der Waals surface area (Å²) in [6.07, 6.45) is 9.23. The minimum absolute atomic E-state index is 0.202. The van der Waals surface area contributed by atoms with E-state index in [4.69, 9.17) is 5.73 Å². The van der Waals surface area contributed by atoms with Crippen molar-refractivity contribution >= 4 is 27.4 Å². The fraction of sp³-hybridized carbons (Fsp3) is 0.400. The number of rotatable bonds is 3. The number of nitrogens with one attached hydrogen (secondary N) is 1. The lowest BCUT2D eigenvalue weighted by Crippen LogP contribution is -2.12. The van der Waals surface area contributed by atoms with Crippen LogP contribution < -0.4 is 11.1 Å². The molecule has 0 unspecified atom stereocenters. The maximum absolute atomic E-state index is 12.1.